The normalized spacial score (nSPS) is 17.8. The van der Waals surface area contributed by atoms with E-state index in [1.807, 2.05) is 6.92 Å². The molecule has 1 amide bonds. The van der Waals surface area contributed by atoms with E-state index in [-0.39, 0.29) is 12.5 Å². The van der Waals surface area contributed by atoms with Crippen LogP contribution in [-0.2, 0) is 17.8 Å². The van der Waals surface area contributed by atoms with Crippen LogP contribution < -0.4 is 5.32 Å². The van der Waals surface area contributed by atoms with Gasteiger partial charge in [-0.15, -0.1) is 16.4 Å². The van der Waals surface area contributed by atoms with Gasteiger partial charge >= 0.3 is 0 Å². The van der Waals surface area contributed by atoms with E-state index in [1.54, 1.807) is 11.3 Å². The number of aromatic nitrogens is 5. The fraction of sp³-hybridized carbons (Fsp3) is 0.583. The number of nitrogens with zero attached hydrogens (tertiary/aromatic N) is 5. The number of fused-ring (bicyclic) bond motifs is 1. The number of hydrogen-bond donors (Lipinski definition) is 1. The van der Waals surface area contributed by atoms with Crippen LogP contribution in [-0.4, -0.2) is 37.6 Å². The first-order valence-corrected chi connectivity index (χ1v) is 7.47. The van der Waals surface area contributed by atoms with Crippen LogP contribution in [0, 0.1) is 6.92 Å². The number of thiazole rings is 1. The molecular formula is C12H16N6OS. The molecule has 2 aromatic heterocycles. The summed E-state index contributed by atoms with van der Waals surface area (Å²) in [4.78, 5) is 17.8. The van der Waals surface area contributed by atoms with Crippen molar-refractivity contribution in [1.29, 1.82) is 0 Å². The SMILES string of the molecule is Cc1nc2c(s1)CCC[C@H]2CNC(=O)Cn1cnnn1. The molecule has 1 aliphatic carbocycles. The predicted octanol–water partition coefficient (Wildman–Crippen LogP) is 0.674. The molecule has 2 aromatic rings. The molecule has 0 aliphatic heterocycles. The molecule has 0 saturated carbocycles. The van der Waals surface area contributed by atoms with Crippen molar-refractivity contribution in [3.63, 3.8) is 0 Å². The van der Waals surface area contributed by atoms with Gasteiger partial charge in [-0.25, -0.2) is 9.67 Å². The van der Waals surface area contributed by atoms with Crippen molar-refractivity contribution in [2.75, 3.05) is 6.54 Å². The van der Waals surface area contributed by atoms with Gasteiger partial charge in [-0.3, -0.25) is 4.79 Å². The lowest BCUT2D eigenvalue weighted by atomic mass is 9.91. The van der Waals surface area contributed by atoms with E-state index in [9.17, 15) is 4.79 Å². The standard InChI is InChI=1S/C12H16N6OS/c1-8-15-12-9(3-2-4-10(12)20-8)5-13-11(19)6-18-7-14-16-17-18/h7,9H,2-6H2,1H3,(H,13,19)/t9-/m0/s1. The van der Waals surface area contributed by atoms with Gasteiger partial charge in [0.15, 0.2) is 0 Å². The van der Waals surface area contributed by atoms with Crippen LogP contribution in [0.25, 0.3) is 0 Å². The van der Waals surface area contributed by atoms with E-state index in [0.717, 1.165) is 17.8 Å². The largest absolute Gasteiger partial charge is 0.354 e. The molecule has 0 bridgehead atoms. The first-order chi connectivity index (χ1) is 9.72. The molecule has 8 heteroatoms. The van der Waals surface area contributed by atoms with Crippen molar-refractivity contribution in [1.82, 2.24) is 30.5 Å². The zero-order valence-electron chi connectivity index (χ0n) is 11.2. The van der Waals surface area contributed by atoms with Crippen molar-refractivity contribution in [3.05, 3.63) is 21.9 Å². The lowest BCUT2D eigenvalue weighted by Gasteiger charge is -2.21. The van der Waals surface area contributed by atoms with Gasteiger partial charge in [-0.05, 0) is 36.6 Å². The molecule has 0 aromatic carbocycles. The summed E-state index contributed by atoms with van der Waals surface area (Å²) in [6, 6.07) is 0. The zero-order chi connectivity index (χ0) is 13.9. The lowest BCUT2D eigenvalue weighted by Crippen LogP contribution is -2.32. The Balaban J connectivity index is 1.57. The smallest absolute Gasteiger partial charge is 0.241 e. The predicted molar refractivity (Wildman–Crippen MR) is 73.4 cm³/mol. The number of tetrazole rings is 1. The van der Waals surface area contributed by atoms with E-state index in [0.29, 0.717) is 12.5 Å². The fourth-order valence-electron chi connectivity index (χ4n) is 2.52. The van der Waals surface area contributed by atoms with Crippen LogP contribution >= 0.6 is 11.3 Å². The Hall–Kier alpha value is -1.83. The highest BCUT2D eigenvalue weighted by molar-refractivity contribution is 7.11. The zero-order valence-corrected chi connectivity index (χ0v) is 12.1. The molecule has 0 fully saturated rings. The number of rotatable bonds is 4. The van der Waals surface area contributed by atoms with Gasteiger partial charge in [0, 0.05) is 17.3 Å². The molecule has 1 aliphatic rings. The first kappa shape index (κ1) is 13.2. The Morgan fingerprint density at radius 2 is 2.50 bits per heavy atom. The third kappa shape index (κ3) is 2.84. The minimum absolute atomic E-state index is 0.0728. The number of carbonyl (C=O) groups excluding carboxylic acids is 1. The van der Waals surface area contributed by atoms with Crippen LogP contribution in [0.2, 0.25) is 0 Å². The molecule has 0 saturated heterocycles. The summed E-state index contributed by atoms with van der Waals surface area (Å²) in [7, 11) is 0. The number of nitrogens with one attached hydrogen (secondary N) is 1. The molecule has 1 atom stereocenters. The highest BCUT2D eigenvalue weighted by atomic mass is 32.1. The van der Waals surface area contributed by atoms with E-state index in [2.05, 4.69) is 25.8 Å². The number of amides is 1. The lowest BCUT2D eigenvalue weighted by molar-refractivity contribution is -0.121. The molecule has 0 spiro atoms. The van der Waals surface area contributed by atoms with Crippen molar-refractivity contribution in [3.8, 4) is 0 Å². The van der Waals surface area contributed by atoms with Gasteiger partial charge in [0.2, 0.25) is 5.91 Å². The third-order valence-corrected chi connectivity index (χ3v) is 4.47. The molecule has 7 nitrogen and oxygen atoms in total. The number of aryl methyl sites for hydroxylation is 2. The van der Waals surface area contributed by atoms with Crippen LogP contribution in [0.4, 0.5) is 0 Å². The number of carbonyl (C=O) groups is 1. The second-order valence-electron chi connectivity index (χ2n) is 4.94. The summed E-state index contributed by atoms with van der Waals surface area (Å²) in [6.07, 6.45) is 4.81. The summed E-state index contributed by atoms with van der Waals surface area (Å²) < 4.78 is 1.41. The Morgan fingerprint density at radius 3 is 3.30 bits per heavy atom. The van der Waals surface area contributed by atoms with E-state index in [4.69, 9.17) is 0 Å². The second-order valence-corrected chi connectivity index (χ2v) is 6.23. The maximum Gasteiger partial charge on any atom is 0.241 e. The minimum Gasteiger partial charge on any atom is -0.354 e. The average molecular weight is 292 g/mol. The monoisotopic (exact) mass is 292 g/mol. The maximum atomic E-state index is 11.8. The van der Waals surface area contributed by atoms with Gasteiger partial charge in [0.05, 0.1) is 10.7 Å². The quantitative estimate of drug-likeness (QED) is 0.895. The topological polar surface area (TPSA) is 85.6 Å². The highest BCUT2D eigenvalue weighted by Gasteiger charge is 2.24. The van der Waals surface area contributed by atoms with Gasteiger partial charge < -0.3 is 5.32 Å². The number of hydrogen-bond acceptors (Lipinski definition) is 6. The summed E-state index contributed by atoms with van der Waals surface area (Å²) in [5, 5.41) is 14.7. The van der Waals surface area contributed by atoms with E-state index >= 15 is 0 Å². The van der Waals surface area contributed by atoms with Crippen molar-refractivity contribution >= 4 is 17.2 Å². The van der Waals surface area contributed by atoms with Gasteiger partial charge in [0.1, 0.15) is 12.9 Å². The Bertz CT molecular complexity index is 593. The molecule has 0 radical (unpaired) electrons. The van der Waals surface area contributed by atoms with E-state index in [1.165, 1.54) is 28.0 Å². The Labute approximate surface area is 120 Å². The summed E-state index contributed by atoms with van der Waals surface area (Å²) in [5.41, 5.74) is 1.18. The van der Waals surface area contributed by atoms with Gasteiger partial charge in [-0.2, -0.15) is 0 Å². The molecule has 1 N–H and O–H groups in total. The molecule has 3 rings (SSSR count). The third-order valence-electron chi connectivity index (χ3n) is 3.42. The average Bonchev–Trinajstić information content (AvgIpc) is 3.04. The molecule has 20 heavy (non-hydrogen) atoms. The van der Waals surface area contributed by atoms with Crippen molar-refractivity contribution in [2.45, 2.75) is 38.6 Å². The second kappa shape index (κ2) is 5.66. The van der Waals surface area contributed by atoms with Crippen LogP contribution in [0.3, 0.4) is 0 Å². The first-order valence-electron chi connectivity index (χ1n) is 6.66. The van der Waals surface area contributed by atoms with E-state index < -0.39 is 0 Å². The highest BCUT2D eigenvalue weighted by Crippen LogP contribution is 2.34. The molecule has 2 heterocycles. The molecular weight excluding hydrogens is 276 g/mol. The Morgan fingerprint density at radius 1 is 1.60 bits per heavy atom. The van der Waals surface area contributed by atoms with Gasteiger partial charge in [-0.1, -0.05) is 0 Å². The van der Waals surface area contributed by atoms with Crippen molar-refractivity contribution in [2.24, 2.45) is 0 Å². The molecule has 106 valence electrons. The van der Waals surface area contributed by atoms with Crippen LogP contribution in [0.5, 0.6) is 0 Å². The van der Waals surface area contributed by atoms with Crippen LogP contribution in [0.1, 0.15) is 34.3 Å². The fourth-order valence-corrected chi connectivity index (χ4v) is 3.58. The Kier molecular flexibility index (Phi) is 3.72. The minimum atomic E-state index is -0.0728. The van der Waals surface area contributed by atoms with Crippen LogP contribution in [0.15, 0.2) is 6.33 Å². The summed E-state index contributed by atoms with van der Waals surface area (Å²) >= 11 is 1.78. The maximum absolute atomic E-state index is 11.8. The van der Waals surface area contributed by atoms with Gasteiger partial charge in [0.25, 0.3) is 0 Å². The summed E-state index contributed by atoms with van der Waals surface area (Å²) in [6.45, 7) is 2.83. The molecule has 0 unspecified atom stereocenters. The summed E-state index contributed by atoms with van der Waals surface area (Å²) in [5.74, 6) is 0.262. The van der Waals surface area contributed by atoms with Crippen molar-refractivity contribution < 1.29 is 4.79 Å².